The van der Waals surface area contributed by atoms with E-state index in [1.54, 1.807) is 43.3 Å². The van der Waals surface area contributed by atoms with E-state index in [2.05, 4.69) is 15.3 Å². The first-order valence-electron chi connectivity index (χ1n) is 11.4. The number of carbonyl (C=O) groups excluding carboxylic acids is 2. The lowest BCUT2D eigenvalue weighted by molar-refractivity contribution is -0.119. The number of hydrogen-bond acceptors (Lipinski definition) is 6. The Kier molecular flexibility index (Phi) is 7.35. The number of aromatic carboxylic acids is 1. The number of hydrogen-bond donors (Lipinski definition) is 3. The van der Waals surface area contributed by atoms with E-state index in [4.69, 9.17) is 5.73 Å². The molecule has 1 heterocycles. The van der Waals surface area contributed by atoms with Crippen molar-refractivity contribution >= 4 is 17.8 Å². The summed E-state index contributed by atoms with van der Waals surface area (Å²) in [7, 11) is 0. The highest BCUT2D eigenvalue weighted by Crippen LogP contribution is 2.37. The molecule has 1 aliphatic rings. The Morgan fingerprint density at radius 2 is 1.97 bits per heavy atom. The smallest absolute Gasteiger partial charge is 0.335 e. The minimum absolute atomic E-state index is 0.0275. The molecule has 1 atom stereocenters. The Hall–Kier alpha value is -4.18. The maximum absolute atomic E-state index is 13.5. The lowest BCUT2D eigenvalue weighted by atomic mass is 10.0. The van der Waals surface area contributed by atoms with Gasteiger partial charge in [0.2, 0.25) is 5.91 Å². The summed E-state index contributed by atoms with van der Waals surface area (Å²) in [6.45, 7) is 2.08. The largest absolute Gasteiger partial charge is 0.478 e. The fraction of sp³-hybridized carbons (Fsp3) is 0.269. The third kappa shape index (κ3) is 5.72. The van der Waals surface area contributed by atoms with Gasteiger partial charge in [0.15, 0.2) is 0 Å². The summed E-state index contributed by atoms with van der Waals surface area (Å²) in [5.41, 5.74) is 9.55. The van der Waals surface area contributed by atoms with Gasteiger partial charge in [-0.25, -0.2) is 19.2 Å². The van der Waals surface area contributed by atoms with Crippen LogP contribution in [0.1, 0.15) is 61.3 Å². The molecule has 0 radical (unpaired) electrons. The molecule has 3 aromatic rings. The van der Waals surface area contributed by atoms with Crippen LogP contribution < -0.4 is 11.1 Å². The van der Waals surface area contributed by atoms with Crippen LogP contribution in [0.25, 0.3) is 0 Å². The second-order valence-electron chi connectivity index (χ2n) is 8.81. The highest BCUT2D eigenvalue weighted by Gasteiger charge is 2.30. The van der Waals surface area contributed by atoms with Gasteiger partial charge in [-0.15, -0.1) is 0 Å². The van der Waals surface area contributed by atoms with Gasteiger partial charge in [-0.3, -0.25) is 14.5 Å². The van der Waals surface area contributed by atoms with Gasteiger partial charge in [-0.05, 0) is 66.3 Å². The zero-order valence-electron chi connectivity index (χ0n) is 19.7. The molecule has 4 rings (SSSR count). The van der Waals surface area contributed by atoms with Crippen LogP contribution in [0.5, 0.6) is 0 Å². The molecular formula is C26H26FN5O4. The van der Waals surface area contributed by atoms with Crippen LogP contribution in [0.3, 0.4) is 0 Å². The number of carboxylic acids is 1. The number of nitrogens with two attached hydrogens (primary N) is 1. The Labute approximate surface area is 207 Å². The normalized spacial score (nSPS) is 14.5. The van der Waals surface area contributed by atoms with Crippen LogP contribution in [-0.2, 0) is 24.3 Å². The van der Waals surface area contributed by atoms with Crippen LogP contribution in [0.4, 0.5) is 4.39 Å². The summed E-state index contributed by atoms with van der Waals surface area (Å²) >= 11 is 0. The number of nitrogens with one attached hydrogen (secondary N) is 1. The Morgan fingerprint density at radius 3 is 2.69 bits per heavy atom. The number of amides is 2. The molecule has 10 heteroatoms. The zero-order valence-corrected chi connectivity index (χ0v) is 19.7. The number of aromatic nitrogens is 2. The predicted molar refractivity (Wildman–Crippen MR) is 128 cm³/mol. The molecule has 0 bridgehead atoms. The van der Waals surface area contributed by atoms with Crippen LogP contribution in [0.2, 0.25) is 0 Å². The van der Waals surface area contributed by atoms with E-state index in [0.717, 1.165) is 16.7 Å². The van der Waals surface area contributed by atoms with E-state index in [1.807, 2.05) is 4.90 Å². The van der Waals surface area contributed by atoms with E-state index in [1.165, 1.54) is 12.4 Å². The maximum Gasteiger partial charge on any atom is 0.335 e. The number of halogens is 1. The number of carboxylic acid groups (broad SMARTS) is 1. The number of aryl methyl sites for hydroxylation is 2. The van der Waals surface area contributed by atoms with Crippen molar-refractivity contribution in [2.75, 3.05) is 6.54 Å². The molecule has 0 spiro atoms. The van der Waals surface area contributed by atoms with E-state index >= 15 is 0 Å². The molecule has 2 aromatic carbocycles. The molecule has 0 saturated heterocycles. The summed E-state index contributed by atoms with van der Waals surface area (Å²) in [6, 6.07) is 11.0. The van der Waals surface area contributed by atoms with Crippen molar-refractivity contribution in [2.24, 2.45) is 5.73 Å². The number of rotatable bonds is 9. The number of fused-ring (bicyclic) bond motifs is 1. The van der Waals surface area contributed by atoms with Gasteiger partial charge in [0.25, 0.3) is 5.91 Å². The fourth-order valence-corrected chi connectivity index (χ4v) is 4.49. The van der Waals surface area contributed by atoms with Gasteiger partial charge in [-0.2, -0.15) is 0 Å². The second kappa shape index (κ2) is 10.6. The first kappa shape index (κ1) is 24.9. The Bertz CT molecular complexity index is 1330. The Morgan fingerprint density at radius 1 is 1.17 bits per heavy atom. The van der Waals surface area contributed by atoms with Crippen molar-refractivity contribution in [1.29, 1.82) is 0 Å². The number of nitrogens with zero attached hydrogens (tertiary/aromatic N) is 3. The lowest BCUT2D eigenvalue weighted by Gasteiger charge is -2.28. The van der Waals surface area contributed by atoms with Crippen LogP contribution in [-0.4, -0.2) is 44.3 Å². The summed E-state index contributed by atoms with van der Waals surface area (Å²) in [5.74, 6) is -2.21. The van der Waals surface area contributed by atoms with Crippen LogP contribution >= 0.6 is 0 Å². The van der Waals surface area contributed by atoms with Crippen molar-refractivity contribution in [1.82, 2.24) is 20.2 Å². The standard InChI is InChI=1S/C26H26FN5O4/c1-15-8-16(2-6-21(15)27)11-29-25(34)22-10-19(30-14-31-22)12-32(13-24(28)33)23-7-4-17-9-18(26(35)36)3-5-20(17)23/h2-3,5-6,8-10,14,23H,4,7,11-13H2,1H3,(H2,28,33)(H,29,34)(H,35,36). The van der Waals surface area contributed by atoms with Gasteiger partial charge in [0.1, 0.15) is 17.8 Å². The number of benzene rings is 2. The van der Waals surface area contributed by atoms with Gasteiger partial charge in [0, 0.05) is 19.1 Å². The lowest BCUT2D eigenvalue weighted by Crippen LogP contribution is -2.36. The molecule has 2 amide bonds. The topological polar surface area (TPSA) is 139 Å². The first-order valence-corrected chi connectivity index (χ1v) is 11.4. The minimum Gasteiger partial charge on any atom is -0.478 e. The molecule has 0 aliphatic heterocycles. The predicted octanol–water partition coefficient (Wildman–Crippen LogP) is 2.53. The van der Waals surface area contributed by atoms with E-state index in [0.29, 0.717) is 24.1 Å². The molecule has 0 fully saturated rings. The summed E-state index contributed by atoms with van der Waals surface area (Å²) in [6.07, 6.45) is 2.66. The van der Waals surface area contributed by atoms with Gasteiger partial charge < -0.3 is 16.2 Å². The van der Waals surface area contributed by atoms with E-state index in [-0.39, 0.29) is 42.8 Å². The van der Waals surface area contributed by atoms with Gasteiger partial charge >= 0.3 is 5.97 Å². The van der Waals surface area contributed by atoms with Crippen molar-refractivity contribution in [2.45, 2.75) is 38.9 Å². The molecule has 36 heavy (non-hydrogen) atoms. The van der Waals surface area contributed by atoms with Crippen molar-refractivity contribution in [3.8, 4) is 0 Å². The molecule has 4 N–H and O–H groups in total. The summed E-state index contributed by atoms with van der Waals surface area (Å²) in [5, 5.41) is 12.0. The van der Waals surface area contributed by atoms with Crippen LogP contribution in [0.15, 0.2) is 48.8 Å². The maximum atomic E-state index is 13.5. The highest BCUT2D eigenvalue weighted by molar-refractivity contribution is 5.92. The average Bonchev–Trinajstić information content (AvgIpc) is 3.27. The molecule has 9 nitrogen and oxygen atoms in total. The van der Waals surface area contributed by atoms with Crippen molar-refractivity contribution in [3.63, 3.8) is 0 Å². The average molecular weight is 492 g/mol. The summed E-state index contributed by atoms with van der Waals surface area (Å²) in [4.78, 5) is 46.0. The highest BCUT2D eigenvalue weighted by atomic mass is 19.1. The number of primary amides is 1. The zero-order chi connectivity index (χ0) is 25.8. The number of carbonyl (C=O) groups is 3. The molecule has 1 aliphatic carbocycles. The molecule has 186 valence electrons. The monoisotopic (exact) mass is 491 g/mol. The molecule has 0 saturated carbocycles. The van der Waals surface area contributed by atoms with E-state index in [9.17, 15) is 23.9 Å². The molecule has 1 unspecified atom stereocenters. The minimum atomic E-state index is -0.989. The van der Waals surface area contributed by atoms with Gasteiger partial charge in [0.05, 0.1) is 17.8 Å². The van der Waals surface area contributed by atoms with E-state index < -0.39 is 17.8 Å². The third-order valence-corrected chi connectivity index (χ3v) is 6.23. The summed E-state index contributed by atoms with van der Waals surface area (Å²) < 4.78 is 13.5. The third-order valence-electron chi connectivity index (χ3n) is 6.23. The van der Waals surface area contributed by atoms with Crippen LogP contribution in [0, 0.1) is 12.7 Å². The fourth-order valence-electron chi connectivity index (χ4n) is 4.49. The Balaban J connectivity index is 1.49. The molecular weight excluding hydrogens is 465 g/mol. The van der Waals surface area contributed by atoms with Crippen molar-refractivity contribution < 1.29 is 23.9 Å². The van der Waals surface area contributed by atoms with Gasteiger partial charge in [-0.1, -0.05) is 18.2 Å². The second-order valence-corrected chi connectivity index (χ2v) is 8.81. The quantitative estimate of drug-likeness (QED) is 0.418. The SMILES string of the molecule is Cc1cc(CNC(=O)c2cc(CN(CC(N)=O)C3CCc4cc(C(=O)O)ccc43)ncn2)ccc1F. The molecule has 1 aromatic heterocycles. The first-order chi connectivity index (χ1) is 17.2. The van der Waals surface area contributed by atoms with Crippen molar-refractivity contribution in [3.05, 3.63) is 93.8 Å².